The molecule has 0 aliphatic carbocycles. The zero-order valence-electron chi connectivity index (χ0n) is 11.2. The van der Waals surface area contributed by atoms with Crippen LogP contribution >= 0.6 is 0 Å². The van der Waals surface area contributed by atoms with E-state index >= 15 is 0 Å². The summed E-state index contributed by atoms with van der Waals surface area (Å²) in [5, 5.41) is 3.27. The molecule has 0 aromatic rings. The molecule has 1 fully saturated rings. The van der Waals surface area contributed by atoms with Crippen molar-refractivity contribution in [2.75, 3.05) is 33.3 Å². The van der Waals surface area contributed by atoms with Crippen LogP contribution in [-0.4, -0.2) is 50.2 Å². The molecule has 100 valence electrons. The van der Waals surface area contributed by atoms with Crippen molar-refractivity contribution in [3.8, 4) is 0 Å². The number of esters is 1. The topological polar surface area (TPSA) is 41.6 Å². The number of carbonyl (C=O) groups is 1. The maximum absolute atomic E-state index is 11.7. The number of nitrogens with zero attached hydrogens (tertiary/aromatic N) is 1. The first-order chi connectivity index (χ1) is 8.27. The van der Waals surface area contributed by atoms with Crippen molar-refractivity contribution < 1.29 is 9.53 Å². The van der Waals surface area contributed by atoms with Gasteiger partial charge in [0.1, 0.15) is 6.04 Å². The van der Waals surface area contributed by atoms with Crippen LogP contribution in [0.25, 0.3) is 0 Å². The number of nitrogens with one attached hydrogen (secondary N) is 1. The summed E-state index contributed by atoms with van der Waals surface area (Å²) in [6, 6.07) is -0.168. The van der Waals surface area contributed by atoms with E-state index in [4.69, 9.17) is 4.74 Å². The van der Waals surface area contributed by atoms with Crippen molar-refractivity contribution in [3.63, 3.8) is 0 Å². The highest BCUT2D eigenvalue weighted by molar-refractivity contribution is 5.75. The Hall–Kier alpha value is -0.610. The highest BCUT2D eigenvalue weighted by Gasteiger charge is 2.21. The molecule has 1 aliphatic rings. The SMILES string of the molecule is CCCNC(CN1CCCCCC1)C(=O)OC. The summed E-state index contributed by atoms with van der Waals surface area (Å²) >= 11 is 0. The Balaban J connectivity index is 2.42. The molecule has 4 nitrogen and oxygen atoms in total. The van der Waals surface area contributed by atoms with Crippen LogP contribution in [-0.2, 0) is 9.53 Å². The highest BCUT2D eigenvalue weighted by Crippen LogP contribution is 2.10. The van der Waals surface area contributed by atoms with Gasteiger partial charge in [0.25, 0.3) is 0 Å². The van der Waals surface area contributed by atoms with E-state index < -0.39 is 0 Å². The van der Waals surface area contributed by atoms with E-state index in [0.29, 0.717) is 0 Å². The van der Waals surface area contributed by atoms with E-state index in [0.717, 1.165) is 32.6 Å². The molecule has 0 spiro atoms. The van der Waals surface area contributed by atoms with Crippen LogP contribution in [0.15, 0.2) is 0 Å². The van der Waals surface area contributed by atoms with Crippen molar-refractivity contribution in [3.05, 3.63) is 0 Å². The van der Waals surface area contributed by atoms with Gasteiger partial charge in [0.15, 0.2) is 0 Å². The summed E-state index contributed by atoms with van der Waals surface area (Å²) in [6.45, 7) is 5.98. The average Bonchev–Trinajstić information content (AvgIpc) is 2.62. The van der Waals surface area contributed by atoms with Crippen LogP contribution in [0.5, 0.6) is 0 Å². The van der Waals surface area contributed by atoms with Crippen LogP contribution in [0.1, 0.15) is 39.0 Å². The van der Waals surface area contributed by atoms with Gasteiger partial charge in [-0.05, 0) is 38.9 Å². The van der Waals surface area contributed by atoms with Gasteiger partial charge in [-0.1, -0.05) is 19.8 Å². The Labute approximate surface area is 105 Å². The van der Waals surface area contributed by atoms with Crippen molar-refractivity contribution in [1.29, 1.82) is 0 Å². The molecule has 17 heavy (non-hydrogen) atoms. The smallest absolute Gasteiger partial charge is 0.324 e. The van der Waals surface area contributed by atoms with Gasteiger partial charge in [0.05, 0.1) is 7.11 Å². The number of ether oxygens (including phenoxy) is 1. The minimum atomic E-state index is -0.168. The maximum Gasteiger partial charge on any atom is 0.324 e. The fourth-order valence-electron chi connectivity index (χ4n) is 2.26. The summed E-state index contributed by atoms with van der Waals surface area (Å²) in [7, 11) is 1.46. The zero-order chi connectivity index (χ0) is 12.5. The van der Waals surface area contributed by atoms with Gasteiger partial charge in [0.2, 0.25) is 0 Å². The van der Waals surface area contributed by atoms with E-state index in [-0.39, 0.29) is 12.0 Å². The Kier molecular flexibility index (Phi) is 7.21. The Morgan fingerprint density at radius 2 is 1.94 bits per heavy atom. The van der Waals surface area contributed by atoms with Gasteiger partial charge in [0, 0.05) is 6.54 Å². The van der Waals surface area contributed by atoms with Crippen LogP contribution in [0.3, 0.4) is 0 Å². The van der Waals surface area contributed by atoms with Gasteiger partial charge in [-0.3, -0.25) is 4.79 Å². The molecular formula is C13H26N2O2. The minimum absolute atomic E-state index is 0.136. The summed E-state index contributed by atoms with van der Waals surface area (Å²) < 4.78 is 4.85. The maximum atomic E-state index is 11.7. The lowest BCUT2D eigenvalue weighted by atomic mass is 10.2. The fraction of sp³-hybridized carbons (Fsp3) is 0.923. The molecule has 0 bridgehead atoms. The van der Waals surface area contributed by atoms with Gasteiger partial charge in [-0.15, -0.1) is 0 Å². The van der Waals surface area contributed by atoms with Crippen LogP contribution in [0, 0.1) is 0 Å². The Morgan fingerprint density at radius 1 is 1.29 bits per heavy atom. The third kappa shape index (κ3) is 5.50. The largest absolute Gasteiger partial charge is 0.468 e. The van der Waals surface area contributed by atoms with Gasteiger partial charge < -0.3 is 15.0 Å². The summed E-state index contributed by atoms with van der Waals surface area (Å²) in [6.07, 6.45) is 6.18. The van der Waals surface area contributed by atoms with Gasteiger partial charge in [-0.25, -0.2) is 0 Å². The van der Waals surface area contributed by atoms with E-state index in [1.54, 1.807) is 0 Å². The Morgan fingerprint density at radius 3 is 2.47 bits per heavy atom. The second kappa shape index (κ2) is 8.48. The number of methoxy groups -OCH3 is 1. The molecule has 0 amide bonds. The summed E-state index contributed by atoms with van der Waals surface area (Å²) in [5.41, 5.74) is 0. The molecule has 4 heteroatoms. The van der Waals surface area contributed by atoms with Crippen molar-refractivity contribution >= 4 is 5.97 Å². The number of carbonyl (C=O) groups excluding carboxylic acids is 1. The lowest BCUT2D eigenvalue weighted by Gasteiger charge is -2.25. The van der Waals surface area contributed by atoms with Crippen molar-refractivity contribution in [2.45, 2.75) is 45.1 Å². The average molecular weight is 242 g/mol. The molecule has 1 heterocycles. The number of hydrogen-bond acceptors (Lipinski definition) is 4. The molecule has 0 aromatic carbocycles. The number of rotatable bonds is 6. The van der Waals surface area contributed by atoms with Gasteiger partial charge in [-0.2, -0.15) is 0 Å². The molecule has 0 radical (unpaired) electrons. The molecule has 1 aliphatic heterocycles. The quantitative estimate of drug-likeness (QED) is 0.715. The molecule has 0 saturated carbocycles. The lowest BCUT2D eigenvalue weighted by Crippen LogP contribution is -2.47. The van der Waals surface area contributed by atoms with E-state index in [1.165, 1.54) is 32.8 Å². The fourth-order valence-corrected chi connectivity index (χ4v) is 2.26. The standard InChI is InChI=1S/C13H26N2O2/c1-3-8-14-12(13(16)17-2)11-15-9-6-4-5-7-10-15/h12,14H,3-11H2,1-2H3. The number of hydrogen-bond donors (Lipinski definition) is 1. The third-order valence-corrected chi connectivity index (χ3v) is 3.27. The Bertz CT molecular complexity index is 213. The lowest BCUT2D eigenvalue weighted by molar-refractivity contribution is -0.143. The van der Waals surface area contributed by atoms with Crippen molar-refractivity contribution in [2.24, 2.45) is 0 Å². The first kappa shape index (κ1) is 14.5. The van der Waals surface area contributed by atoms with Crippen LogP contribution in [0.4, 0.5) is 0 Å². The first-order valence-corrected chi connectivity index (χ1v) is 6.81. The van der Waals surface area contributed by atoms with Gasteiger partial charge >= 0.3 is 5.97 Å². The van der Waals surface area contributed by atoms with E-state index in [9.17, 15) is 4.79 Å². The number of likely N-dealkylation sites (tertiary alicyclic amines) is 1. The molecule has 1 N–H and O–H groups in total. The zero-order valence-corrected chi connectivity index (χ0v) is 11.2. The van der Waals surface area contributed by atoms with E-state index in [1.807, 2.05) is 0 Å². The van der Waals surface area contributed by atoms with Crippen molar-refractivity contribution in [1.82, 2.24) is 10.2 Å². The normalized spacial score (nSPS) is 19.6. The molecule has 1 rings (SSSR count). The predicted molar refractivity (Wildman–Crippen MR) is 69.0 cm³/mol. The second-order valence-electron chi connectivity index (χ2n) is 4.74. The monoisotopic (exact) mass is 242 g/mol. The molecule has 1 unspecified atom stereocenters. The second-order valence-corrected chi connectivity index (χ2v) is 4.74. The summed E-state index contributed by atoms with van der Waals surface area (Å²) in [5.74, 6) is -0.136. The predicted octanol–water partition coefficient (Wildman–Crippen LogP) is 1.40. The minimum Gasteiger partial charge on any atom is -0.468 e. The van der Waals surface area contributed by atoms with Crippen LogP contribution in [0.2, 0.25) is 0 Å². The van der Waals surface area contributed by atoms with Crippen LogP contribution < -0.4 is 5.32 Å². The third-order valence-electron chi connectivity index (χ3n) is 3.27. The molecule has 1 atom stereocenters. The molecule has 0 aromatic heterocycles. The first-order valence-electron chi connectivity index (χ1n) is 6.81. The molecular weight excluding hydrogens is 216 g/mol. The van der Waals surface area contributed by atoms with E-state index in [2.05, 4.69) is 17.1 Å². The highest BCUT2D eigenvalue weighted by atomic mass is 16.5. The summed E-state index contributed by atoms with van der Waals surface area (Å²) in [4.78, 5) is 14.1. The molecule has 1 saturated heterocycles.